The van der Waals surface area contributed by atoms with E-state index in [1.54, 1.807) is 11.3 Å². The van der Waals surface area contributed by atoms with Crippen molar-refractivity contribution in [2.45, 2.75) is 31.7 Å². The number of hydrogen-bond donors (Lipinski definition) is 1. The first-order valence-electron chi connectivity index (χ1n) is 7.56. The van der Waals surface area contributed by atoms with Crippen LogP contribution in [0.15, 0.2) is 6.20 Å². The smallest absolute Gasteiger partial charge is 0.192 e. The normalized spacial score (nSPS) is 23.1. The second-order valence-corrected chi connectivity index (χ2v) is 6.82. The highest BCUT2D eigenvalue weighted by Crippen LogP contribution is 2.27. The Bertz CT molecular complexity index is 598. The van der Waals surface area contributed by atoms with E-state index in [1.807, 2.05) is 6.20 Å². The Kier molecular flexibility index (Phi) is 3.71. The summed E-state index contributed by atoms with van der Waals surface area (Å²) in [6.45, 7) is 4.92. The van der Waals surface area contributed by atoms with E-state index in [9.17, 15) is 0 Å². The number of ether oxygens (including phenoxy) is 1. The molecule has 0 bridgehead atoms. The van der Waals surface area contributed by atoms with Crippen LogP contribution in [0.5, 0.6) is 0 Å². The molecule has 2 aromatic heterocycles. The Balaban J connectivity index is 1.47. The summed E-state index contributed by atoms with van der Waals surface area (Å²) in [6, 6.07) is 0. The second kappa shape index (κ2) is 5.82. The number of likely N-dealkylation sites (tertiary alicyclic amines) is 1. The predicted octanol–water partition coefficient (Wildman–Crippen LogP) is 2.03. The standard InChI is InChI=1S/C14H19N5OS/c1-2-5-19(4-1)8-12-15-7-11(21-12)14-16-13(17-18-14)10-3-6-20-9-10/h7,10H,1-6,8-9H2,(H,16,17,18)/t10-/m0/s1. The van der Waals surface area contributed by atoms with Gasteiger partial charge in [0, 0.05) is 18.7 Å². The molecule has 0 saturated carbocycles. The van der Waals surface area contributed by atoms with E-state index in [2.05, 4.69) is 25.1 Å². The molecule has 0 spiro atoms. The molecule has 1 atom stereocenters. The number of H-pyrrole nitrogens is 1. The van der Waals surface area contributed by atoms with Gasteiger partial charge in [-0.2, -0.15) is 5.10 Å². The quantitative estimate of drug-likeness (QED) is 0.936. The minimum atomic E-state index is 0.364. The number of aromatic nitrogens is 4. The Morgan fingerprint density at radius 3 is 3.10 bits per heavy atom. The molecule has 2 aliphatic heterocycles. The summed E-state index contributed by atoms with van der Waals surface area (Å²) in [5.41, 5.74) is 0. The maximum absolute atomic E-state index is 5.40. The van der Waals surface area contributed by atoms with Crippen LogP contribution in [0.1, 0.15) is 36.0 Å². The maximum atomic E-state index is 5.40. The minimum absolute atomic E-state index is 0.364. The van der Waals surface area contributed by atoms with Crippen molar-refractivity contribution < 1.29 is 4.74 Å². The summed E-state index contributed by atoms with van der Waals surface area (Å²) < 4.78 is 5.40. The van der Waals surface area contributed by atoms with Gasteiger partial charge in [0.25, 0.3) is 0 Å². The molecular formula is C14H19N5OS. The van der Waals surface area contributed by atoms with Crippen LogP contribution in [-0.2, 0) is 11.3 Å². The SMILES string of the molecule is c1nc(CN2CCCC2)sc1-c1n[nH]c([C@H]2CCOC2)n1. The summed E-state index contributed by atoms with van der Waals surface area (Å²) in [7, 11) is 0. The van der Waals surface area contributed by atoms with E-state index < -0.39 is 0 Å². The van der Waals surface area contributed by atoms with E-state index in [4.69, 9.17) is 4.74 Å². The van der Waals surface area contributed by atoms with Crippen LogP contribution in [0, 0.1) is 0 Å². The summed E-state index contributed by atoms with van der Waals surface area (Å²) in [4.78, 5) is 12.6. The molecule has 0 radical (unpaired) electrons. The third-order valence-electron chi connectivity index (χ3n) is 4.15. The van der Waals surface area contributed by atoms with Gasteiger partial charge in [-0.3, -0.25) is 10.00 Å². The van der Waals surface area contributed by atoms with Gasteiger partial charge in [0.05, 0.1) is 18.0 Å². The van der Waals surface area contributed by atoms with Gasteiger partial charge < -0.3 is 4.74 Å². The molecule has 21 heavy (non-hydrogen) atoms. The van der Waals surface area contributed by atoms with Crippen molar-refractivity contribution in [2.75, 3.05) is 26.3 Å². The first kappa shape index (κ1) is 13.4. The summed E-state index contributed by atoms with van der Waals surface area (Å²) in [6.07, 6.45) is 5.55. The third-order valence-corrected chi connectivity index (χ3v) is 5.13. The number of nitrogens with zero attached hydrogens (tertiary/aromatic N) is 4. The predicted molar refractivity (Wildman–Crippen MR) is 80.2 cm³/mol. The number of aromatic amines is 1. The number of nitrogens with one attached hydrogen (secondary N) is 1. The lowest BCUT2D eigenvalue weighted by atomic mass is 10.1. The van der Waals surface area contributed by atoms with Gasteiger partial charge in [0.15, 0.2) is 5.82 Å². The molecule has 2 fully saturated rings. The number of rotatable bonds is 4. The second-order valence-electron chi connectivity index (χ2n) is 5.71. The van der Waals surface area contributed by atoms with E-state index in [0.29, 0.717) is 5.92 Å². The highest BCUT2D eigenvalue weighted by atomic mass is 32.1. The average molecular weight is 305 g/mol. The Labute approximate surface area is 127 Å². The molecule has 2 aliphatic rings. The lowest BCUT2D eigenvalue weighted by Gasteiger charge is -2.11. The summed E-state index contributed by atoms with van der Waals surface area (Å²) in [5, 5.41) is 8.55. The van der Waals surface area contributed by atoms with Crippen LogP contribution in [0.4, 0.5) is 0 Å². The number of hydrogen-bond acceptors (Lipinski definition) is 6. The largest absolute Gasteiger partial charge is 0.381 e. The number of thiazole rings is 1. The third kappa shape index (κ3) is 2.86. The molecule has 4 rings (SSSR count). The molecule has 2 aromatic rings. The Morgan fingerprint density at radius 2 is 2.29 bits per heavy atom. The highest BCUT2D eigenvalue weighted by Gasteiger charge is 2.22. The first-order chi connectivity index (χ1) is 10.4. The van der Waals surface area contributed by atoms with Gasteiger partial charge in [-0.05, 0) is 32.4 Å². The molecule has 2 saturated heterocycles. The minimum Gasteiger partial charge on any atom is -0.381 e. The van der Waals surface area contributed by atoms with Gasteiger partial charge in [-0.1, -0.05) is 0 Å². The Morgan fingerprint density at radius 1 is 1.38 bits per heavy atom. The highest BCUT2D eigenvalue weighted by molar-refractivity contribution is 7.15. The Hall–Kier alpha value is -1.31. The molecule has 0 aromatic carbocycles. The first-order valence-corrected chi connectivity index (χ1v) is 8.37. The van der Waals surface area contributed by atoms with Crippen molar-refractivity contribution in [1.29, 1.82) is 0 Å². The molecule has 4 heterocycles. The average Bonchev–Trinajstić information content (AvgIpc) is 3.28. The van der Waals surface area contributed by atoms with Crippen LogP contribution < -0.4 is 0 Å². The van der Waals surface area contributed by atoms with E-state index in [1.165, 1.54) is 25.9 Å². The van der Waals surface area contributed by atoms with Crippen molar-refractivity contribution >= 4 is 11.3 Å². The molecule has 6 nitrogen and oxygen atoms in total. The van der Waals surface area contributed by atoms with Crippen LogP contribution >= 0.6 is 11.3 Å². The fourth-order valence-corrected chi connectivity index (χ4v) is 3.83. The van der Waals surface area contributed by atoms with Crippen molar-refractivity contribution in [3.8, 4) is 10.7 Å². The van der Waals surface area contributed by atoms with Gasteiger partial charge >= 0.3 is 0 Å². The summed E-state index contributed by atoms with van der Waals surface area (Å²) in [5.74, 6) is 2.07. The van der Waals surface area contributed by atoms with Gasteiger partial charge in [-0.15, -0.1) is 11.3 Å². The zero-order valence-corrected chi connectivity index (χ0v) is 12.7. The van der Waals surface area contributed by atoms with Gasteiger partial charge in [0.1, 0.15) is 10.8 Å². The fraction of sp³-hybridized carbons (Fsp3) is 0.643. The van der Waals surface area contributed by atoms with Crippen molar-refractivity contribution in [2.24, 2.45) is 0 Å². The monoisotopic (exact) mass is 305 g/mol. The molecule has 0 amide bonds. The maximum Gasteiger partial charge on any atom is 0.192 e. The molecular weight excluding hydrogens is 286 g/mol. The molecule has 112 valence electrons. The van der Waals surface area contributed by atoms with Crippen molar-refractivity contribution in [3.05, 3.63) is 17.0 Å². The van der Waals surface area contributed by atoms with E-state index in [-0.39, 0.29) is 0 Å². The van der Waals surface area contributed by atoms with Gasteiger partial charge in [0.2, 0.25) is 0 Å². The zero-order valence-electron chi connectivity index (χ0n) is 11.9. The van der Waals surface area contributed by atoms with Crippen LogP contribution in [0.2, 0.25) is 0 Å². The topological polar surface area (TPSA) is 66.9 Å². The molecule has 0 aliphatic carbocycles. The van der Waals surface area contributed by atoms with Crippen LogP contribution in [-0.4, -0.2) is 51.4 Å². The van der Waals surface area contributed by atoms with E-state index >= 15 is 0 Å². The zero-order chi connectivity index (χ0) is 14.1. The fourth-order valence-electron chi connectivity index (χ4n) is 2.94. The van der Waals surface area contributed by atoms with E-state index in [0.717, 1.165) is 47.7 Å². The van der Waals surface area contributed by atoms with Crippen molar-refractivity contribution in [3.63, 3.8) is 0 Å². The molecule has 0 unspecified atom stereocenters. The van der Waals surface area contributed by atoms with Gasteiger partial charge in [-0.25, -0.2) is 9.97 Å². The lowest BCUT2D eigenvalue weighted by Crippen LogP contribution is -2.17. The van der Waals surface area contributed by atoms with Crippen LogP contribution in [0.25, 0.3) is 10.7 Å². The molecule has 7 heteroatoms. The molecule has 1 N–H and O–H groups in total. The lowest BCUT2D eigenvalue weighted by molar-refractivity contribution is 0.193. The van der Waals surface area contributed by atoms with Crippen LogP contribution in [0.3, 0.4) is 0 Å². The van der Waals surface area contributed by atoms with Crippen molar-refractivity contribution in [1.82, 2.24) is 25.1 Å². The summed E-state index contributed by atoms with van der Waals surface area (Å²) >= 11 is 1.70.